The van der Waals surface area contributed by atoms with E-state index >= 15 is 0 Å². The molecule has 0 radical (unpaired) electrons. The average molecular weight is 314 g/mol. The fourth-order valence-electron chi connectivity index (χ4n) is 2.69. The van der Waals surface area contributed by atoms with Crippen LogP contribution < -0.4 is 11.1 Å². The molecule has 0 fully saturated rings. The fraction of sp³-hybridized carbons (Fsp3) is 0.412. The number of anilines is 1. The van der Waals surface area contributed by atoms with E-state index in [0.29, 0.717) is 12.5 Å². The maximum absolute atomic E-state index is 5.94. The summed E-state index contributed by atoms with van der Waals surface area (Å²) in [6.07, 6.45) is 5.80. The van der Waals surface area contributed by atoms with Gasteiger partial charge in [-0.25, -0.2) is 4.98 Å². The summed E-state index contributed by atoms with van der Waals surface area (Å²) in [5, 5.41) is 4.32. The number of nitrogens with one attached hydrogen (secondary N) is 1. The summed E-state index contributed by atoms with van der Waals surface area (Å²) in [5.74, 6) is 0.465. The molecule has 0 atom stereocenters. The molecule has 22 heavy (non-hydrogen) atoms. The summed E-state index contributed by atoms with van der Waals surface area (Å²) in [4.78, 5) is 10.6. The number of aryl methyl sites for hydroxylation is 3. The Morgan fingerprint density at radius 2 is 2.23 bits per heavy atom. The van der Waals surface area contributed by atoms with Crippen LogP contribution in [0.15, 0.2) is 29.3 Å². The maximum atomic E-state index is 5.94. The van der Waals surface area contributed by atoms with Crippen molar-refractivity contribution in [2.45, 2.75) is 39.0 Å². The fourth-order valence-corrected chi connectivity index (χ4v) is 3.84. The summed E-state index contributed by atoms with van der Waals surface area (Å²) in [6.45, 7) is 2.74. The van der Waals surface area contributed by atoms with Gasteiger partial charge in [0.05, 0.1) is 10.7 Å². The second-order valence-electron chi connectivity index (χ2n) is 5.70. The van der Waals surface area contributed by atoms with Gasteiger partial charge < -0.3 is 11.1 Å². The van der Waals surface area contributed by atoms with E-state index in [1.165, 1.54) is 40.4 Å². The smallest absolute Gasteiger partial charge is 0.193 e. The third-order valence-electron chi connectivity index (χ3n) is 3.79. The number of hydrogen-bond donors (Lipinski definition) is 2. The summed E-state index contributed by atoms with van der Waals surface area (Å²) >= 11 is 1.85. The van der Waals surface area contributed by atoms with Gasteiger partial charge in [0.1, 0.15) is 0 Å². The van der Waals surface area contributed by atoms with Crippen molar-refractivity contribution in [3.63, 3.8) is 0 Å². The molecule has 2 aromatic rings. The highest BCUT2D eigenvalue weighted by molar-refractivity contribution is 7.11. The predicted molar refractivity (Wildman–Crippen MR) is 93.8 cm³/mol. The number of thiazole rings is 1. The van der Waals surface area contributed by atoms with Gasteiger partial charge in [-0.2, -0.15) is 0 Å². The molecule has 1 aliphatic carbocycles. The van der Waals surface area contributed by atoms with Crippen LogP contribution in [-0.2, 0) is 19.3 Å². The minimum atomic E-state index is 0.465. The molecule has 0 aliphatic heterocycles. The summed E-state index contributed by atoms with van der Waals surface area (Å²) in [7, 11) is 0. The van der Waals surface area contributed by atoms with E-state index in [1.54, 1.807) is 0 Å². The first-order valence-electron chi connectivity index (χ1n) is 7.82. The first-order valence-corrected chi connectivity index (χ1v) is 8.63. The number of guanidine groups is 1. The summed E-state index contributed by atoms with van der Waals surface area (Å²) in [5.41, 5.74) is 9.44. The van der Waals surface area contributed by atoms with Crippen molar-refractivity contribution in [2.75, 3.05) is 11.9 Å². The highest BCUT2D eigenvalue weighted by Crippen LogP contribution is 2.26. The molecule has 1 aromatic carbocycles. The Labute approximate surface area is 135 Å². The summed E-state index contributed by atoms with van der Waals surface area (Å²) in [6, 6.07) is 8.11. The number of rotatable bonds is 4. The van der Waals surface area contributed by atoms with E-state index in [2.05, 4.69) is 29.4 Å². The number of hydrogen-bond acceptors (Lipinski definition) is 3. The van der Waals surface area contributed by atoms with Crippen LogP contribution in [0.1, 0.15) is 34.0 Å². The van der Waals surface area contributed by atoms with Gasteiger partial charge in [0.25, 0.3) is 0 Å². The van der Waals surface area contributed by atoms with Crippen molar-refractivity contribution in [2.24, 2.45) is 10.7 Å². The largest absolute Gasteiger partial charge is 0.370 e. The molecule has 0 amide bonds. The Bertz CT molecular complexity index is 652. The molecule has 4 nitrogen and oxygen atoms in total. The number of fused-ring (bicyclic) bond motifs is 1. The van der Waals surface area contributed by atoms with Gasteiger partial charge >= 0.3 is 0 Å². The molecule has 1 aromatic heterocycles. The lowest BCUT2D eigenvalue weighted by atomic mass is 10.0. The Morgan fingerprint density at radius 1 is 1.36 bits per heavy atom. The van der Waals surface area contributed by atoms with Gasteiger partial charge in [0.15, 0.2) is 5.96 Å². The van der Waals surface area contributed by atoms with Crippen LogP contribution in [0.5, 0.6) is 0 Å². The molecule has 1 heterocycles. The van der Waals surface area contributed by atoms with E-state index in [0.717, 1.165) is 18.5 Å². The Hall–Kier alpha value is -1.88. The van der Waals surface area contributed by atoms with Crippen molar-refractivity contribution >= 4 is 23.0 Å². The zero-order chi connectivity index (χ0) is 15.4. The maximum Gasteiger partial charge on any atom is 0.193 e. The van der Waals surface area contributed by atoms with Crippen molar-refractivity contribution in [3.8, 4) is 0 Å². The standard InChI is InChI=1S/C17H22N4S/c1-12-5-4-6-13(11-12)20-17(18)19-10-9-16-21-14-7-2-3-8-15(14)22-16/h4-6,11H,2-3,7-10H2,1H3,(H3,18,19,20). The molecule has 0 saturated heterocycles. The van der Waals surface area contributed by atoms with Crippen LogP contribution in [0.4, 0.5) is 5.69 Å². The van der Waals surface area contributed by atoms with E-state index in [4.69, 9.17) is 10.7 Å². The number of benzene rings is 1. The number of aromatic nitrogens is 1. The monoisotopic (exact) mass is 314 g/mol. The molecule has 0 saturated carbocycles. The molecule has 3 N–H and O–H groups in total. The molecule has 1 aliphatic rings. The lowest BCUT2D eigenvalue weighted by molar-refractivity contribution is 0.680. The van der Waals surface area contributed by atoms with Gasteiger partial charge in [-0.1, -0.05) is 12.1 Å². The number of nitrogens with zero attached hydrogens (tertiary/aromatic N) is 2. The van der Waals surface area contributed by atoms with Crippen LogP contribution in [-0.4, -0.2) is 17.5 Å². The van der Waals surface area contributed by atoms with E-state index < -0.39 is 0 Å². The van der Waals surface area contributed by atoms with Gasteiger partial charge in [-0.05, 0) is 50.3 Å². The molecule has 5 heteroatoms. The minimum Gasteiger partial charge on any atom is -0.370 e. The lowest BCUT2D eigenvalue weighted by Crippen LogP contribution is -2.23. The Morgan fingerprint density at radius 3 is 3.05 bits per heavy atom. The third kappa shape index (κ3) is 3.85. The highest BCUT2D eigenvalue weighted by atomic mass is 32.1. The van der Waals surface area contributed by atoms with Crippen LogP contribution in [0.3, 0.4) is 0 Å². The quantitative estimate of drug-likeness (QED) is 0.672. The van der Waals surface area contributed by atoms with Gasteiger partial charge in [0, 0.05) is 23.5 Å². The number of nitrogens with two attached hydrogens (primary N) is 1. The number of aliphatic imine (C=N–C) groups is 1. The van der Waals surface area contributed by atoms with Gasteiger partial charge in [-0.15, -0.1) is 11.3 Å². The first kappa shape index (κ1) is 15.0. The minimum absolute atomic E-state index is 0.465. The SMILES string of the molecule is Cc1cccc(NC(N)=NCCc2nc3c(s2)CCCC3)c1. The molecule has 0 bridgehead atoms. The predicted octanol–water partition coefficient (Wildman–Crippen LogP) is 3.30. The second-order valence-corrected chi connectivity index (χ2v) is 6.86. The topological polar surface area (TPSA) is 63.3 Å². The van der Waals surface area contributed by atoms with E-state index in [1.807, 2.05) is 23.5 Å². The summed E-state index contributed by atoms with van der Waals surface area (Å²) < 4.78 is 0. The third-order valence-corrected chi connectivity index (χ3v) is 5.01. The highest BCUT2D eigenvalue weighted by Gasteiger charge is 2.14. The van der Waals surface area contributed by atoms with Gasteiger partial charge in [0.2, 0.25) is 0 Å². The molecule has 3 rings (SSSR count). The van der Waals surface area contributed by atoms with Crippen molar-refractivity contribution in [1.82, 2.24) is 4.98 Å². The van der Waals surface area contributed by atoms with Crippen molar-refractivity contribution < 1.29 is 0 Å². The van der Waals surface area contributed by atoms with Crippen molar-refractivity contribution in [1.29, 1.82) is 0 Å². The normalized spacial score (nSPS) is 14.7. The second kappa shape index (κ2) is 6.92. The molecule has 0 unspecified atom stereocenters. The molecular formula is C17H22N4S. The van der Waals surface area contributed by atoms with Crippen molar-refractivity contribution in [3.05, 3.63) is 45.4 Å². The molecule has 0 spiro atoms. The van der Waals surface area contributed by atoms with Crippen LogP contribution >= 0.6 is 11.3 Å². The zero-order valence-electron chi connectivity index (χ0n) is 12.9. The molecule has 116 valence electrons. The van der Waals surface area contributed by atoms with Gasteiger partial charge in [-0.3, -0.25) is 4.99 Å². The van der Waals surface area contributed by atoms with Crippen LogP contribution in [0.2, 0.25) is 0 Å². The van der Waals surface area contributed by atoms with E-state index in [-0.39, 0.29) is 0 Å². The Kier molecular flexibility index (Phi) is 4.73. The lowest BCUT2D eigenvalue weighted by Gasteiger charge is -2.06. The molecular weight excluding hydrogens is 292 g/mol. The average Bonchev–Trinajstić information content (AvgIpc) is 2.90. The zero-order valence-corrected chi connectivity index (χ0v) is 13.7. The Balaban J connectivity index is 1.54. The first-order chi connectivity index (χ1) is 10.7. The van der Waals surface area contributed by atoms with E-state index in [9.17, 15) is 0 Å². The van der Waals surface area contributed by atoms with Crippen LogP contribution in [0.25, 0.3) is 0 Å². The van der Waals surface area contributed by atoms with Crippen LogP contribution in [0, 0.1) is 6.92 Å².